The van der Waals surface area contributed by atoms with Crippen molar-refractivity contribution < 1.29 is 14.3 Å². The fraction of sp³-hybridized carbons (Fsp3) is 0.333. The van der Waals surface area contributed by atoms with E-state index in [0.29, 0.717) is 30.8 Å². The van der Waals surface area contributed by atoms with Crippen LogP contribution in [0.4, 0.5) is 5.82 Å². The number of nitrogens with zero attached hydrogens (tertiary/aromatic N) is 3. The highest BCUT2D eigenvalue weighted by Gasteiger charge is 2.55. The molecular formula is C27H29N3O3S2. The first-order valence-electron chi connectivity index (χ1n) is 11.5. The molecule has 1 aromatic carbocycles. The molecule has 5 rings (SSSR count). The van der Waals surface area contributed by atoms with Gasteiger partial charge in [-0.3, -0.25) is 19.5 Å². The van der Waals surface area contributed by atoms with Gasteiger partial charge in [-0.1, -0.05) is 36.4 Å². The molecule has 35 heavy (non-hydrogen) atoms. The Hall–Kier alpha value is -2.68. The normalized spacial score (nSPS) is 19.2. The molecule has 0 radical (unpaired) electrons. The van der Waals surface area contributed by atoms with Crippen LogP contribution in [0.2, 0.25) is 0 Å². The Morgan fingerprint density at radius 2 is 1.91 bits per heavy atom. The Morgan fingerprint density at radius 1 is 1.11 bits per heavy atom. The number of anilines is 1. The summed E-state index contributed by atoms with van der Waals surface area (Å²) in [6, 6.07) is 15.1. The molecule has 1 aliphatic carbocycles. The van der Waals surface area contributed by atoms with Crippen molar-refractivity contribution in [2.75, 3.05) is 42.8 Å². The standard InChI is InChI=1S/C27H29N3O3S2/c1-35(2,3)13-12-33-18-30-24-22(10-7-11-28-24)27(26(30)32)15-20-14-21(17-29-23(20)16-27)34-25(31)19-8-5-4-6-9-19/h4-11,14,17H,12-13,15-16,18H2,1-3H3/t27-/m0/s1. The fourth-order valence-corrected chi connectivity index (χ4v) is 6.07. The maximum atomic E-state index is 13.8. The minimum Gasteiger partial charge on any atom is -0.360 e. The molecule has 1 aliphatic heterocycles. The number of benzene rings is 1. The van der Waals surface area contributed by atoms with Gasteiger partial charge in [0.25, 0.3) is 0 Å². The van der Waals surface area contributed by atoms with Crippen molar-refractivity contribution in [3.8, 4) is 0 Å². The molecule has 0 saturated carbocycles. The smallest absolute Gasteiger partial charge is 0.241 e. The molecule has 6 nitrogen and oxygen atoms in total. The molecule has 8 heteroatoms. The Morgan fingerprint density at radius 3 is 2.69 bits per heavy atom. The van der Waals surface area contributed by atoms with E-state index in [1.807, 2.05) is 48.5 Å². The van der Waals surface area contributed by atoms with E-state index in [-0.39, 0.29) is 17.8 Å². The van der Waals surface area contributed by atoms with Crippen molar-refractivity contribution in [1.29, 1.82) is 0 Å². The summed E-state index contributed by atoms with van der Waals surface area (Å²) < 4.78 is 5.94. The van der Waals surface area contributed by atoms with Gasteiger partial charge in [0.05, 0.1) is 12.0 Å². The van der Waals surface area contributed by atoms with E-state index < -0.39 is 15.4 Å². The predicted octanol–water partition coefficient (Wildman–Crippen LogP) is 4.46. The second-order valence-corrected chi connectivity index (χ2v) is 15.5. The number of carbonyl (C=O) groups excluding carboxylic acids is 2. The second-order valence-electron chi connectivity index (χ2n) is 9.91. The highest BCUT2D eigenvalue weighted by atomic mass is 32.3. The average molecular weight is 508 g/mol. The summed E-state index contributed by atoms with van der Waals surface area (Å²) in [4.78, 5) is 38.2. The lowest BCUT2D eigenvalue weighted by atomic mass is 9.80. The number of thioether (sulfide) groups is 1. The number of ether oxygens (including phenoxy) is 1. The van der Waals surface area contributed by atoms with E-state index in [0.717, 1.165) is 27.5 Å². The molecule has 1 spiro atoms. The van der Waals surface area contributed by atoms with E-state index in [9.17, 15) is 9.59 Å². The minimum absolute atomic E-state index is 0.0156. The van der Waals surface area contributed by atoms with Crippen molar-refractivity contribution in [3.05, 3.63) is 83.3 Å². The molecule has 0 N–H and O–H groups in total. The molecule has 0 saturated heterocycles. The molecule has 0 bridgehead atoms. The molecule has 3 aromatic rings. The predicted molar refractivity (Wildman–Crippen MR) is 143 cm³/mol. The number of rotatable bonds is 7. The first-order chi connectivity index (χ1) is 16.8. The van der Waals surface area contributed by atoms with Crippen LogP contribution in [0.25, 0.3) is 0 Å². The number of hydrogen-bond acceptors (Lipinski definition) is 6. The van der Waals surface area contributed by atoms with Crippen molar-refractivity contribution in [2.24, 2.45) is 0 Å². The highest BCUT2D eigenvalue weighted by molar-refractivity contribution is 8.32. The maximum absolute atomic E-state index is 13.8. The Labute approximate surface area is 211 Å². The van der Waals surface area contributed by atoms with E-state index in [2.05, 4.69) is 28.7 Å². The summed E-state index contributed by atoms with van der Waals surface area (Å²) in [7, 11) is -0.661. The SMILES string of the molecule is CS(C)(C)CCOCN1C(=O)[C@]2(Cc3cc(SC(=O)c4ccccc4)cnc3C2)c2cccnc21. The summed E-state index contributed by atoms with van der Waals surface area (Å²) in [5, 5.41) is -0.0213. The fourth-order valence-electron chi connectivity index (χ4n) is 4.68. The van der Waals surface area contributed by atoms with Crippen LogP contribution in [0.3, 0.4) is 0 Å². The van der Waals surface area contributed by atoms with Crippen molar-refractivity contribution >= 4 is 38.6 Å². The molecule has 3 heterocycles. The van der Waals surface area contributed by atoms with Crippen LogP contribution < -0.4 is 4.90 Å². The van der Waals surface area contributed by atoms with E-state index in [1.165, 1.54) is 11.8 Å². The molecule has 182 valence electrons. The lowest BCUT2D eigenvalue weighted by molar-refractivity contribution is -0.124. The Kier molecular flexibility index (Phi) is 6.46. The maximum Gasteiger partial charge on any atom is 0.241 e. The molecule has 1 atom stereocenters. The van der Waals surface area contributed by atoms with Crippen LogP contribution in [0, 0.1) is 0 Å². The molecule has 2 aliphatic rings. The van der Waals surface area contributed by atoms with E-state index in [4.69, 9.17) is 4.74 Å². The number of pyridine rings is 2. The third-order valence-electron chi connectivity index (χ3n) is 6.49. The zero-order valence-electron chi connectivity index (χ0n) is 20.2. The van der Waals surface area contributed by atoms with Gasteiger partial charge in [-0.15, -0.1) is 0 Å². The van der Waals surface area contributed by atoms with Crippen LogP contribution in [0.15, 0.2) is 65.8 Å². The van der Waals surface area contributed by atoms with Gasteiger partial charge in [0, 0.05) is 46.3 Å². The van der Waals surface area contributed by atoms with Crippen LogP contribution in [0.1, 0.15) is 27.2 Å². The average Bonchev–Trinajstić information content (AvgIpc) is 3.33. The van der Waals surface area contributed by atoms with Gasteiger partial charge in [-0.2, -0.15) is 0 Å². The Balaban J connectivity index is 1.36. The number of fused-ring (bicyclic) bond motifs is 3. The third kappa shape index (κ3) is 4.75. The second kappa shape index (κ2) is 9.41. The molecule has 2 aromatic heterocycles. The lowest BCUT2D eigenvalue weighted by Gasteiger charge is -2.26. The van der Waals surface area contributed by atoms with Crippen molar-refractivity contribution in [3.63, 3.8) is 0 Å². The largest absolute Gasteiger partial charge is 0.360 e. The van der Waals surface area contributed by atoms with Gasteiger partial charge in [0.15, 0.2) is 0 Å². The lowest BCUT2D eigenvalue weighted by Crippen LogP contribution is -2.42. The van der Waals surface area contributed by atoms with E-state index >= 15 is 0 Å². The quantitative estimate of drug-likeness (QED) is 0.347. The summed E-state index contributed by atoms with van der Waals surface area (Å²) in [6.07, 6.45) is 11.3. The number of hydrogen-bond donors (Lipinski definition) is 0. The third-order valence-corrected chi connectivity index (χ3v) is 8.76. The summed E-state index contributed by atoms with van der Waals surface area (Å²) in [5.74, 6) is 1.69. The summed E-state index contributed by atoms with van der Waals surface area (Å²) >= 11 is 1.17. The highest BCUT2D eigenvalue weighted by Crippen LogP contribution is 2.49. The van der Waals surface area contributed by atoms with Gasteiger partial charge in [0.2, 0.25) is 11.0 Å². The molecular weight excluding hydrogens is 478 g/mol. The topological polar surface area (TPSA) is 72.4 Å². The van der Waals surface area contributed by atoms with Crippen LogP contribution >= 0.6 is 21.8 Å². The van der Waals surface area contributed by atoms with Crippen LogP contribution in [-0.4, -0.2) is 58.8 Å². The summed E-state index contributed by atoms with van der Waals surface area (Å²) in [6.45, 7) is 0.826. The van der Waals surface area contributed by atoms with Crippen molar-refractivity contribution in [1.82, 2.24) is 9.97 Å². The zero-order valence-corrected chi connectivity index (χ0v) is 21.8. The Bertz CT molecular complexity index is 1280. The molecule has 0 fully saturated rings. The molecule has 1 amide bonds. The monoisotopic (exact) mass is 507 g/mol. The number of aromatic nitrogens is 2. The van der Waals surface area contributed by atoms with E-state index in [1.54, 1.807) is 17.3 Å². The number of carbonyl (C=O) groups is 2. The first kappa shape index (κ1) is 24.0. The van der Waals surface area contributed by atoms with Crippen LogP contribution in [0.5, 0.6) is 0 Å². The minimum atomic E-state index is -0.718. The molecule has 0 unspecified atom stereocenters. The van der Waals surface area contributed by atoms with Crippen LogP contribution in [-0.2, 0) is 27.8 Å². The van der Waals surface area contributed by atoms with Gasteiger partial charge in [0.1, 0.15) is 12.5 Å². The zero-order chi connectivity index (χ0) is 24.6. The summed E-state index contributed by atoms with van der Waals surface area (Å²) in [5.41, 5.74) is 2.79. The van der Waals surface area contributed by atoms with Gasteiger partial charge >= 0.3 is 0 Å². The first-order valence-corrected chi connectivity index (χ1v) is 15.4. The van der Waals surface area contributed by atoms with Gasteiger partial charge in [-0.25, -0.2) is 15.0 Å². The van der Waals surface area contributed by atoms with Crippen molar-refractivity contribution in [2.45, 2.75) is 23.2 Å². The van der Waals surface area contributed by atoms with Gasteiger partial charge < -0.3 is 4.74 Å². The van der Waals surface area contributed by atoms with Gasteiger partial charge in [-0.05, 0) is 54.6 Å². The number of amides is 1.